The zero-order chi connectivity index (χ0) is 24.4. The zero-order valence-corrected chi connectivity index (χ0v) is 19.5. The van der Waals surface area contributed by atoms with E-state index in [0.717, 1.165) is 0 Å². The number of benzene rings is 2. The van der Waals surface area contributed by atoms with Gasteiger partial charge in [-0.1, -0.05) is 29.5 Å². The molecule has 0 aliphatic carbocycles. The summed E-state index contributed by atoms with van der Waals surface area (Å²) in [7, 11) is 1.53. The molecule has 1 aromatic heterocycles. The maximum absolute atomic E-state index is 13.6. The Labute approximate surface area is 198 Å². The highest BCUT2D eigenvalue weighted by molar-refractivity contribution is 7.07. The number of para-hydroxylation sites is 1. The third-order valence-corrected chi connectivity index (χ3v) is 6.34. The minimum absolute atomic E-state index is 0.0375. The molecule has 3 aromatic rings. The number of non-ortho nitro benzene ring substituents is 1. The summed E-state index contributed by atoms with van der Waals surface area (Å²) in [5.41, 5.74) is 1.60. The molecule has 2 aromatic carbocycles. The molecule has 0 radical (unpaired) electrons. The highest BCUT2D eigenvalue weighted by Crippen LogP contribution is 2.35. The Balaban J connectivity index is 1.94. The number of carbonyl (C=O) groups excluding carboxylic acids is 1. The number of nitro groups is 1. The van der Waals surface area contributed by atoms with Crippen LogP contribution in [0.4, 0.5) is 5.69 Å². The van der Waals surface area contributed by atoms with E-state index in [-0.39, 0.29) is 23.4 Å². The number of methoxy groups -OCH3 is 1. The largest absolute Gasteiger partial charge is 0.496 e. The van der Waals surface area contributed by atoms with E-state index < -0.39 is 16.9 Å². The van der Waals surface area contributed by atoms with Crippen LogP contribution < -0.4 is 19.6 Å². The first kappa shape index (κ1) is 23.1. The van der Waals surface area contributed by atoms with E-state index in [4.69, 9.17) is 9.47 Å². The molecule has 2 heterocycles. The average molecular weight is 480 g/mol. The second kappa shape index (κ2) is 9.44. The average Bonchev–Trinajstić information content (AvgIpc) is 3.13. The standard InChI is InChI=1S/C24H21N3O6S/c1-4-33-23(29)20-14(2)25-24-26(21(20)17-7-5-6-8-18(17)32-3)22(28)19(34-24)13-15-9-11-16(12-10-15)27(30)31/h5-13,21H,4H2,1-3H3/b19-13-/t21-/m0/s1. The van der Waals surface area contributed by atoms with E-state index in [0.29, 0.717) is 31.9 Å². The summed E-state index contributed by atoms with van der Waals surface area (Å²) in [6, 6.07) is 12.3. The number of esters is 1. The molecule has 0 spiro atoms. The summed E-state index contributed by atoms with van der Waals surface area (Å²) >= 11 is 1.18. The lowest BCUT2D eigenvalue weighted by Gasteiger charge is -2.25. The molecule has 0 N–H and O–H groups in total. The number of hydrogen-bond acceptors (Lipinski definition) is 8. The number of thiazole rings is 1. The highest BCUT2D eigenvalue weighted by atomic mass is 32.1. The van der Waals surface area contributed by atoms with Crippen LogP contribution in [0.15, 0.2) is 69.6 Å². The Kier molecular flexibility index (Phi) is 6.42. The van der Waals surface area contributed by atoms with E-state index in [1.165, 1.54) is 35.1 Å². The molecule has 0 unspecified atom stereocenters. The second-order valence-electron chi connectivity index (χ2n) is 7.39. The monoisotopic (exact) mass is 479 g/mol. The Morgan fingerprint density at radius 2 is 1.94 bits per heavy atom. The molecular weight excluding hydrogens is 458 g/mol. The molecular formula is C24H21N3O6S. The number of allylic oxidation sites excluding steroid dienone is 1. The fourth-order valence-corrected chi connectivity index (χ4v) is 4.87. The van der Waals surface area contributed by atoms with Gasteiger partial charge in [-0.15, -0.1) is 0 Å². The zero-order valence-electron chi connectivity index (χ0n) is 18.7. The van der Waals surface area contributed by atoms with Crippen LogP contribution in [0.1, 0.15) is 31.0 Å². The van der Waals surface area contributed by atoms with Crippen LogP contribution in [0.5, 0.6) is 5.75 Å². The van der Waals surface area contributed by atoms with Crippen LogP contribution in [0, 0.1) is 10.1 Å². The van der Waals surface area contributed by atoms with Crippen molar-refractivity contribution in [2.75, 3.05) is 13.7 Å². The molecule has 1 aliphatic heterocycles. The molecule has 0 amide bonds. The fourth-order valence-electron chi connectivity index (χ4n) is 3.82. The molecule has 0 saturated carbocycles. The number of fused-ring (bicyclic) bond motifs is 1. The summed E-state index contributed by atoms with van der Waals surface area (Å²) < 4.78 is 12.7. The summed E-state index contributed by atoms with van der Waals surface area (Å²) in [4.78, 5) is 41.9. The Hall–Kier alpha value is -4.05. The van der Waals surface area contributed by atoms with Gasteiger partial charge in [0.1, 0.15) is 11.8 Å². The summed E-state index contributed by atoms with van der Waals surface area (Å²) in [5, 5.41) is 10.9. The van der Waals surface area contributed by atoms with Crippen molar-refractivity contribution in [3.8, 4) is 5.75 Å². The molecule has 174 valence electrons. The van der Waals surface area contributed by atoms with Gasteiger partial charge in [0.05, 0.1) is 34.4 Å². The minimum Gasteiger partial charge on any atom is -0.496 e. The van der Waals surface area contributed by atoms with Crippen molar-refractivity contribution in [2.24, 2.45) is 4.99 Å². The number of carbonyl (C=O) groups is 1. The third kappa shape index (κ3) is 4.15. The first-order chi connectivity index (χ1) is 16.3. The fraction of sp³-hybridized carbons (Fsp3) is 0.208. The topological polar surface area (TPSA) is 113 Å². The molecule has 4 rings (SSSR count). The predicted molar refractivity (Wildman–Crippen MR) is 126 cm³/mol. The molecule has 0 fully saturated rings. The Morgan fingerprint density at radius 3 is 2.59 bits per heavy atom. The van der Waals surface area contributed by atoms with Gasteiger partial charge in [-0.3, -0.25) is 19.5 Å². The maximum atomic E-state index is 13.6. The number of aromatic nitrogens is 1. The van der Waals surface area contributed by atoms with E-state index in [9.17, 15) is 19.7 Å². The van der Waals surface area contributed by atoms with Crippen molar-refractivity contribution in [3.05, 3.63) is 101 Å². The Bertz CT molecular complexity index is 1480. The lowest BCUT2D eigenvalue weighted by Crippen LogP contribution is -2.40. The molecule has 0 bridgehead atoms. The number of ether oxygens (including phenoxy) is 2. The number of nitro benzene ring substituents is 1. The normalized spacial score (nSPS) is 15.5. The van der Waals surface area contributed by atoms with Crippen LogP contribution >= 0.6 is 11.3 Å². The van der Waals surface area contributed by atoms with E-state index in [2.05, 4.69) is 4.99 Å². The van der Waals surface area contributed by atoms with Crippen LogP contribution in [0.3, 0.4) is 0 Å². The van der Waals surface area contributed by atoms with Crippen molar-refractivity contribution in [2.45, 2.75) is 19.9 Å². The van der Waals surface area contributed by atoms with E-state index in [1.807, 2.05) is 6.07 Å². The third-order valence-electron chi connectivity index (χ3n) is 5.35. The highest BCUT2D eigenvalue weighted by Gasteiger charge is 2.34. The number of hydrogen-bond donors (Lipinski definition) is 0. The quantitative estimate of drug-likeness (QED) is 0.305. The summed E-state index contributed by atoms with van der Waals surface area (Å²) in [6.45, 7) is 3.60. The van der Waals surface area contributed by atoms with Crippen LogP contribution in [-0.4, -0.2) is 29.2 Å². The lowest BCUT2D eigenvalue weighted by molar-refractivity contribution is -0.384. The summed E-state index contributed by atoms with van der Waals surface area (Å²) in [5.74, 6) is -0.0294. The molecule has 9 nitrogen and oxygen atoms in total. The lowest BCUT2D eigenvalue weighted by atomic mass is 9.95. The van der Waals surface area contributed by atoms with Gasteiger partial charge in [-0.05, 0) is 43.7 Å². The minimum atomic E-state index is -0.787. The second-order valence-corrected chi connectivity index (χ2v) is 8.40. The first-order valence-corrected chi connectivity index (χ1v) is 11.2. The van der Waals surface area contributed by atoms with Gasteiger partial charge in [0.25, 0.3) is 11.2 Å². The molecule has 1 atom stereocenters. The van der Waals surface area contributed by atoms with Gasteiger partial charge in [0.2, 0.25) is 0 Å². The Morgan fingerprint density at radius 1 is 1.24 bits per heavy atom. The van der Waals surface area contributed by atoms with Crippen LogP contribution in [0.25, 0.3) is 6.08 Å². The van der Waals surface area contributed by atoms with Gasteiger partial charge in [0, 0.05) is 17.7 Å². The van der Waals surface area contributed by atoms with Gasteiger partial charge in [-0.25, -0.2) is 9.79 Å². The number of nitrogens with zero attached hydrogens (tertiary/aromatic N) is 3. The van der Waals surface area contributed by atoms with Crippen molar-refractivity contribution in [1.82, 2.24) is 4.57 Å². The first-order valence-electron chi connectivity index (χ1n) is 10.4. The van der Waals surface area contributed by atoms with Crippen molar-refractivity contribution in [1.29, 1.82) is 0 Å². The molecule has 10 heteroatoms. The van der Waals surface area contributed by atoms with E-state index in [1.54, 1.807) is 50.3 Å². The van der Waals surface area contributed by atoms with E-state index >= 15 is 0 Å². The van der Waals surface area contributed by atoms with Gasteiger partial charge in [0.15, 0.2) is 4.80 Å². The smallest absolute Gasteiger partial charge is 0.338 e. The van der Waals surface area contributed by atoms with Gasteiger partial charge < -0.3 is 9.47 Å². The molecule has 34 heavy (non-hydrogen) atoms. The number of rotatable bonds is 6. The van der Waals surface area contributed by atoms with Crippen LogP contribution in [-0.2, 0) is 9.53 Å². The van der Waals surface area contributed by atoms with Crippen molar-refractivity contribution >= 4 is 29.1 Å². The summed E-state index contributed by atoms with van der Waals surface area (Å²) in [6.07, 6.45) is 1.65. The molecule has 0 saturated heterocycles. The molecule has 1 aliphatic rings. The van der Waals surface area contributed by atoms with Crippen molar-refractivity contribution in [3.63, 3.8) is 0 Å². The van der Waals surface area contributed by atoms with Crippen molar-refractivity contribution < 1.29 is 19.2 Å². The van der Waals surface area contributed by atoms with Gasteiger partial charge in [-0.2, -0.15) is 0 Å². The van der Waals surface area contributed by atoms with Gasteiger partial charge >= 0.3 is 5.97 Å². The maximum Gasteiger partial charge on any atom is 0.338 e. The SMILES string of the molecule is CCOC(=O)C1=C(C)N=c2s/c(=C\c3ccc([N+](=O)[O-])cc3)c(=O)n2[C@H]1c1ccccc1OC. The predicted octanol–water partition coefficient (Wildman–Crippen LogP) is 2.72. The van der Waals surface area contributed by atoms with Crippen LogP contribution in [0.2, 0.25) is 0 Å².